The summed E-state index contributed by atoms with van der Waals surface area (Å²) >= 11 is 0. The molecule has 2 aliphatic rings. The molecule has 0 radical (unpaired) electrons. The first-order chi connectivity index (χ1) is 16.1. The smallest absolute Gasteiger partial charge is 0.185 e. The summed E-state index contributed by atoms with van der Waals surface area (Å²) in [6.45, 7) is 0. The van der Waals surface area contributed by atoms with E-state index >= 15 is 0 Å². The first kappa shape index (κ1) is 20.5. The predicted molar refractivity (Wildman–Crippen MR) is 123 cm³/mol. The third-order valence-corrected chi connectivity index (χ3v) is 6.60. The van der Waals surface area contributed by atoms with Gasteiger partial charge in [-0.1, -0.05) is 36.4 Å². The van der Waals surface area contributed by atoms with Gasteiger partial charge in [0.25, 0.3) is 0 Å². The van der Waals surface area contributed by atoms with Gasteiger partial charge < -0.3 is 9.64 Å². The number of fused-ring (bicyclic) bond motifs is 3. The van der Waals surface area contributed by atoms with E-state index in [-0.39, 0.29) is 5.78 Å². The zero-order valence-corrected chi connectivity index (χ0v) is 17.9. The number of nitrogens with zero attached hydrogens (tertiary/aromatic N) is 4. The molecule has 5 rings (SSSR count). The van der Waals surface area contributed by atoms with Crippen LogP contribution >= 0.6 is 0 Å². The van der Waals surface area contributed by atoms with E-state index in [0.29, 0.717) is 16.9 Å². The lowest BCUT2D eigenvalue weighted by Gasteiger charge is -2.35. The molecule has 33 heavy (non-hydrogen) atoms. The Bertz CT molecular complexity index is 1300. The molecule has 1 aromatic heterocycles. The molecule has 2 aliphatic heterocycles. The van der Waals surface area contributed by atoms with Crippen molar-refractivity contribution in [2.75, 3.05) is 12.0 Å². The van der Waals surface area contributed by atoms with Crippen molar-refractivity contribution in [2.24, 2.45) is 5.41 Å². The highest BCUT2D eigenvalue weighted by Crippen LogP contribution is 2.55. The number of pyridine rings is 1. The van der Waals surface area contributed by atoms with Crippen molar-refractivity contribution in [3.8, 4) is 17.9 Å². The van der Waals surface area contributed by atoms with Crippen LogP contribution in [-0.2, 0) is 0 Å². The average Bonchev–Trinajstić information content (AvgIpc) is 3.20. The molecule has 3 heterocycles. The monoisotopic (exact) mass is 432 g/mol. The molecule has 0 spiro atoms. The van der Waals surface area contributed by atoms with Crippen LogP contribution in [0.1, 0.15) is 27.4 Å². The molecule has 0 unspecified atom stereocenters. The van der Waals surface area contributed by atoms with Crippen molar-refractivity contribution < 1.29 is 9.53 Å². The van der Waals surface area contributed by atoms with Gasteiger partial charge in [0.2, 0.25) is 0 Å². The van der Waals surface area contributed by atoms with E-state index < -0.39 is 23.4 Å². The van der Waals surface area contributed by atoms with Crippen molar-refractivity contribution >= 4 is 17.5 Å². The molecule has 0 aliphatic carbocycles. The molecule has 0 bridgehead atoms. The highest BCUT2D eigenvalue weighted by Gasteiger charge is 2.63. The molecule has 3 aromatic rings. The van der Waals surface area contributed by atoms with Crippen LogP contribution in [-0.4, -0.2) is 30.0 Å². The Hall–Kier alpha value is -4.42. The molecule has 0 N–H and O–H groups in total. The third kappa shape index (κ3) is 3.00. The largest absolute Gasteiger partial charge is 0.497 e. The summed E-state index contributed by atoms with van der Waals surface area (Å²) in [5, 5.41) is 20.8. The summed E-state index contributed by atoms with van der Waals surface area (Å²) in [6, 6.07) is 21.5. The molecule has 6 nitrogen and oxygen atoms in total. The molecule has 3 atom stereocenters. The number of anilines is 1. The standard InChI is InChI=1S/C27H20N4O2/c1-33-21-11-8-19(9-12-21)26(32)25-24(20-6-4-14-30-15-20)27(16-28,17-29)23-13-10-18-5-2-3-7-22(18)31(23)25/h2-15,23-25H,1H3/t23-,24-,25-/m0/s1. The first-order valence-electron chi connectivity index (χ1n) is 10.6. The van der Waals surface area contributed by atoms with Crippen molar-refractivity contribution in [2.45, 2.75) is 18.0 Å². The van der Waals surface area contributed by atoms with E-state index in [1.165, 1.54) is 0 Å². The number of ether oxygens (including phenoxy) is 1. The maximum Gasteiger partial charge on any atom is 0.185 e. The van der Waals surface area contributed by atoms with Gasteiger partial charge in [-0.3, -0.25) is 9.78 Å². The fourth-order valence-electron chi connectivity index (χ4n) is 5.09. The number of carbonyl (C=O) groups excluding carboxylic acids is 1. The van der Waals surface area contributed by atoms with Crippen molar-refractivity contribution in [3.63, 3.8) is 0 Å². The summed E-state index contributed by atoms with van der Waals surface area (Å²) in [5.41, 5.74) is 1.48. The Kier molecular flexibility index (Phi) is 4.92. The van der Waals surface area contributed by atoms with Gasteiger partial charge in [0.05, 0.1) is 25.3 Å². The summed E-state index contributed by atoms with van der Waals surface area (Å²) in [4.78, 5) is 20.3. The highest BCUT2D eigenvalue weighted by molar-refractivity contribution is 6.04. The third-order valence-electron chi connectivity index (χ3n) is 6.60. The van der Waals surface area contributed by atoms with E-state index in [0.717, 1.165) is 11.3 Å². The Labute approximate surface area is 192 Å². The summed E-state index contributed by atoms with van der Waals surface area (Å²) in [5.74, 6) is -0.208. The number of methoxy groups -OCH3 is 1. The molecule has 6 heteroatoms. The lowest BCUT2D eigenvalue weighted by atomic mass is 9.69. The number of hydrogen-bond donors (Lipinski definition) is 0. The normalized spacial score (nSPS) is 21.9. The van der Waals surface area contributed by atoms with Crippen LogP contribution in [0.5, 0.6) is 5.75 Å². The molecule has 1 fully saturated rings. The Morgan fingerprint density at radius 1 is 1.06 bits per heavy atom. The number of rotatable bonds is 4. The second-order valence-corrected chi connectivity index (χ2v) is 8.16. The lowest BCUT2D eigenvalue weighted by molar-refractivity contribution is 0.0951. The van der Waals surface area contributed by atoms with Crippen LogP contribution in [0.3, 0.4) is 0 Å². The Balaban J connectivity index is 1.75. The second-order valence-electron chi connectivity index (χ2n) is 8.16. The van der Waals surface area contributed by atoms with Crippen LogP contribution in [0.25, 0.3) is 6.08 Å². The second kappa shape index (κ2) is 7.93. The summed E-state index contributed by atoms with van der Waals surface area (Å²) in [6.07, 6.45) is 7.10. The average molecular weight is 432 g/mol. The molecule has 0 amide bonds. The Morgan fingerprint density at radius 3 is 2.48 bits per heavy atom. The van der Waals surface area contributed by atoms with Crippen LogP contribution in [0.2, 0.25) is 0 Å². The zero-order chi connectivity index (χ0) is 23.0. The minimum absolute atomic E-state index is 0.158. The number of aromatic nitrogens is 1. The van der Waals surface area contributed by atoms with E-state index in [4.69, 9.17) is 4.74 Å². The number of Topliss-reactive ketones (excluding diaryl/α,β-unsaturated/α-hetero) is 1. The molecular weight excluding hydrogens is 412 g/mol. The maximum atomic E-state index is 14.1. The number of carbonyl (C=O) groups is 1. The van der Waals surface area contributed by atoms with Gasteiger partial charge in [0.1, 0.15) is 11.8 Å². The number of nitriles is 2. The number of para-hydroxylation sites is 1. The fourth-order valence-corrected chi connectivity index (χ4v) is 5.09. The number of ketones is 1. The first-order valence-corrected chi connectivity index (χ1v) is 10.6. The van der Waals surface area contributed by atoms with Gasteiger partial charge >= 0.3 is 0 Å². The van der Waals surface area contributed by atoms with E-state index in [1.807, 2.05) is 47.4 Å². The topological polar surface area (TPSA) is 90.0 Å². The van der Waals surface area contributed by atoms with Gasteiger partial charge in [0, 0.05) is 29.6 Å². The predicted octanol–water partition coefficient (Wildman–Crippen LogP) is 4.37. The van der Waals surface area contributed by atoms with Crippen LogP contribution in [0.4, 0.5) is 5.69 Å². The van der Waals surface area contributed by atoms with Gasteiger partial charge in [-0.05, 0) is 47.5 Å². The minimum atomic E-state index is -1.47. The van der Waals surface area contributed by atoms with Crippen molar-refractivity contribution in [1.29, 1.82) is 10.5 Å². The van der Waals surface area contributed by atoms with Gasteiger partial charge in [-0.15, -0.1) is 0 Å². The molecule has 2 aromatic carbocycles. The summed E-state index contributed by atoms with van der Waals surface area (Å²) in [7, 11) is 1.57. The lowest BCUT2D eigenvalue weighted by Crippen LogP contribution is -2.44. The number of benzene rings is 2. The molecule has 1 saturated heterocycles. The zero-order valence-electron chi connectivity index (χ0n) is 17.9. The van der Waals surface area contributed by atoms with Crippen molar-refractivity contribution in [3.05, 3.63) is 95.8 Å². The van der Waals surface area contributed by atoms with Crippen LogP contribution in [0.15, 0.2) is 79.1 Å². The molecule has 160 valence electrons. The van der Waals surface area contributed by atoms with E-state index in [2.05, 4.69) is 17.1 Å². The van der Waals surface area contributed by atoms with Crippen LogP contribution < -0.4 is 9.64 Å². The van der Waals surface area contributed by atoms with Crippen LogP contribution in [0, 0.1) is 28.1 Å². The Morgan fingerprint density at radius 2 is 1.82 bits per heavy atom. The quantitative estimate of drug-likeness (QED) is 0.569. The molecule has 0 saturated carbocycles. The van der Waals surface area contributed by atoms with Gasteiger partial charge in [-0.25, -0.2) is 0 Å². The summed E-state index contributed by atoms with van der Waals surface area (Å²) < 4.78 is 5.24. The van der Waals surface area contributed by atoms with Gasteiger partial charge in [-0.2, -0.15) is 10.5 Å². The number of hydrogen-bond acceptors (Lipinski definition) is 6. The van der Waals surface area contributed by atoms with E-state index in [1.54, 1.807) is 49.8 Å². The maximum absolute atomic E-state index is 14.1. The molecular formula is C27H20N4O2. The van der Waals surface area contributed by atoms with Gasteiger partial charge in [0.15, 0.2) is 11.2 Å². The fraction of sp³-hybridized carbons (Fsp3) is 0.185. The van der Waals surface area contributed by atoms with Crippen molar-refractivity contribution in [1.82, 2.24) is 4.98 Å². The minimum Gasteiger partial charge on any atom is -0.497 e. The SMILES string of the molecule is COc1ccc(C(=O)[C@@H]2[C@H](c3cccnc3)C(C#N)(C#N)[C@@H]3C=Cc4ccccc4N23)cc1. The highest BCUT2D eigenvalue weighted by atomic mass is 16.5. The van der Waals surface area contributed by atoms with E-state index in [9.17, 15) is 15.3 Å².